The number of β-amino-alcohol motifs (C(OH)–C–C–N with tert-alkyl or cyclic N) is 1. The van der Waals surface area contributed by atoms with Gasteiger partial charge in [-0.15, -0.1) is 5.10 Å². The number of aliphatic hydroxyl groups is 1. The fourth-order valence-corrected chi connectivity index (χ4v) is 3.54. The highest BCUT2D eigenvalue weighted by atomic mass is 16.3. The Balaban J connectivity index is 1.64. The molecule has 3 rings (SSSR count). The van der Waals surface area contributed by atoms with Crippen molar-refractivity contribution in [2.24, 2.45) is 5.92 Å². The van der Waals surface area contributed by atoms with Crippen molar-refractivity contribution in [1.29, 1.82) is 0 Å². The summed E-state index contributed by atoms with van der Waals surface area (Å²) < 4.78 is 1.83. The zero-order chi connectivity index (χ0) is 14.2. The lowest BCUT2D eigenvalue weighted by Crippen LogP contribution is -2.33. The normalized spacial score (nSPS) is 28.8. The van der Waals surface area contributed by atoms with E-state index in [1.54, 1.807) is 0 Å². The van der Waals surface area contributed by atoms with Crippen molar-refractivity contribution in [2.75, 3.05) is 19.6 Å². The molecular weight excluding hydrogens is 252 g/mol. The predicted molar refractivity (Wildman–Crippen MR) is 77.3 cm³/mol. The number of hydrogen-bond donors (Lipinski definition) is 1. The van der Waals surface area contributed by atoms with Crippen LogP contribution in [0.15, 0.2) is 6.20 Å². The molecule has 1 aliphatic carbocycles. The zero-order valence-corrected chi connectivity index (χ0v) is 12.6. The van der Waals surface area contributed by atoms with Gasteiger partial charge in [-0.2, -0.15) is 0 Å². The summed E-state index contributed by atoms with van der Waals surface area (Å²) in [6.45, 7) is 6.97. The topological polar surface area (TPSA) is 54.2 Å². The highest BCUT2D eigenvalue weighted by Gasteiger charge is 2.40. The molecule has 0 spiro atoms. The SMILES string of the molecule is CC(C)n1cc(C2(O)CCN(CC3CCCC3)C2)nn1. The summed E-state index contributed by atoms with van der Waals surface area (Å²) in [5, 5.41) is 19.2. The highest BCUT2D eigenvalue weighted by Crippen LogP contribution is 2.33. The fourth-order valence-electron chi connectivity index (χ4n) is 3.54. The Bertz CT molecular complexity index is 452. The van der Waals surface area contributed by atoms with Crippen molar-refractivity contribution in [3.8, 4) is 0 Å². The van der Waals surface area contributed by atoms with Gasteiger partial charge >= 0.3 is 0 Å². The first-order valence-electron chi connectivity index (χ1n) is 7.94. The van der Waals surface area contributed by atoms with Crippen LogP contribution in [0.25, 0.3) is 0 Å². The third-order valence-electron chi connectivity index (χ3n) is 4.83. The average molecular weight is 278 g/mol. The summed E-state index contributed by atoms with van der Waals surface area (Å²) in [6, 6.07) is 0.288. The third-order valence-corrected chi connectivity index (χ3v) is 4.83. The van der Waals surface area contributed by atoms with E-state index in [2.05, 4.69) is 29.1 Å². The maximum atomic E-state index is 10.8. The average Bonchev–Trinajstić information content (AvgIpc) is 3.10. The molecule has 2 fully saturated rings. The van der Waals surface area contributed by atoms with Gasteiger partial charge in [-0.25, -0.2) is 4.68 Å². The van der Waals surface area contributed by atoms with Gasteiger partial charge < -0.3 is 5.11 Å². The third kappa shape index (κ3) is 2.74. The van der Waals surface area contributed by atoms with Crippen LogP contribution in [0.1, 0.15) is 57.7 Å². The molecule has 5 heteroatoms. The molecule has 112 valence electrons. The summed E-state index contributed by atoms with van der Waals surface area (Å²) in [6.07, 6.45) is 8.16. The molecule has 20 heavy (non-hydrogen) atoms. The molecule has 1 unspecified atom stereocenters. The summed E-state index contributed by atoms with van der Waals surface area (Å²) in [4.78, 5) is 2.41. The minimum absolute atomic E-state index is 0.288. The van der Waals surface area contributed by atoms with Crippen LogP contribution >= 0.6 is 0 Å². The second-order valence-electron chi connectivity index (χ2n) is 6.84. The number of nitrogens with zero attached hydrogens (tertiary/aromatic N) is 4. The zero-order valence-electron chi connectivity index (χ0n) is 12.6. The van der Waals surface area contributed by atoms with E-state index in [-0.39, 0.29) is 6.04 Å². The van der Waals surface area contributed by atoms with Crippen molar-refractivity contribution in [2.45, 2.75) is 57.6 Å². The van der Waals surface area contributed by atoms with Gasteiger partial charge in [0.25, 0.3) is 0 Å². The highest BCUT2D eigenvalue weighted by molar-refractivity contribution is 5.11. The van der Waals surface area contributed by atoms with Crippen LogP contribution in [-0.2, 0) is 5.60 Å². The Labute approximate surface area is 121 Å². The number of likely N-dealkylation sites (tertiary alicyclic amines) is 1. The molecule has 2 aliphatic rings. The molecule has 0 radical (unpaired) electrons. The van der Waals surface area contributed by atoms with Crippen molar-refractivity contribution in [3.63, 3.8) is 0 Å². The van der Waals surface area contributed by atoms with Crippen molar-refractivity contribution < 1.29 is 5.11 Å². The number of rotatable bonds is 4. The largest absolute Gasteiger partial charge is 0.382 e. The molecule has 1 saturated heterocycles. The lowest BCUT2D eigenvalue weighted by Gasteiger charge is -2.23. The van der Waals surface area contributed by atoms with Crippen LogP contribution in [0.4, 0.5) is 0 Å². The summed E-state index contributed by atoms with van der Waals surface area (Å²) in [5.41, 5.74) is -0.0636. The maximum Gasteiger partial charge on any atom is 0.124 e. The predicted octanol–water partition coefficient (Wildman–Crippen LogP) is 1.94. The van der Waals surface area contributed by atoms with E-state index in [4.69, 9.17) is 0 Å². The molecule has 5 nitrogen and oxygen atoms in total. The second kappa shape index (κ2) is 5.45. The first-order chi connectivity index (χ1) is 9.57. The van der Waals surface area contributed by atoms with Gasteiger partial charge in [0.1, 0.15) is 11.3 Å². The number of hydrogen-bond acceptors (Lipinski definition) is 4. The molecular formula is C15H26N4O. The van der Waals surface area contributed by atoms with Crippen LogP contribution < -0.4 is 0 Å². The Morgan fingerprint density at radius 2 is 2.15 bits per heavy atom. The van der Waals surface area contributed by atoms with Gasteiger partial charge in [-0.1, -0.05) is 18.1 Å². The first kappa shape index (κ1) is 14.0. The van der Waals surface area contributed by atoms with Crippen molar-refractivity contribution >= 4 is 0 Å². The fraction of sp³-hybridized carbons (Fsp3) is 0.867. The Hall–Kier alpha value is -0.940. The molecule has 0 amide bonds. The molecule has 1 aromatic heterocycles. The van der Waals surface area contributed by atoms with Crippen LogP contribution in [0, 0.1) is 5.92 Å². The first-order valence-corrected chi connectivity index (χ1v) is 7.94. The molecule has 1 atom stereocenters. The Morgan fingerprint density at radius 1 is 1.40 bits per heavy atom. The molecule has 0 bridgehead atoms. The summed E-state index contributed by atoms with van der Waals surface area (Å²) in [7, 11) is 0. The van der Waals surface area contributed by atoms with Gasteiger partial charge in [0, 0.05) is 25.7 Å². The van der Waals surface area contributed by atoms with Crippen LogP contribution in [0.2, 0.25) is 0 Å². The van der Waals surface area contributed by atoms with E-state index in [1.165, 1.54) is 25.7 Å². The van der Waals surface area contributed by atoms with Gasteiger partial charge in [0.2, 0.25) is 0 Å². The maximum absolute atomic E-state index is 10.8. The van der Waals surface area contributed by atoms with Crippen LogP contribution in [0.5, 0.6) is 0 Å². The molecule has 1 N–H and O–H groups in total. The minimum atomic E-state index is -0.800. The number of aromatic nitrogens is 3. The van der Waals surface area contributed by atoms with E-state index in [0.717, 1.165) is 31.1 Å². The van der Waals surface area contributed by atoms with E-state index in [9.17, 15) is 5.11 Å². The summed E-state index contributed by atoms with van der Waals surface area (Å²) in [5.74, 6) is 0.837. The van der Waals surface area contributed by atoms with Gasteiger partial charge in [-0.05, 0) is 39.0 Å². The minimum Gasteiger partial charge on any atom is -0.382 e. The molecule has 2 heterocycles. The quantitative estimate of drug-likeness (QED) is 0.914. The van der Waals surface area contributed by atoms with Crippen molar-refractivity contribution in [3.05, 3.63) is 11.9 Å². The van der Waals surface area contributed by atoms with Gasteiger partial charge in [0.15, 0.2) is 0 Å². The molecule has 0 aromatic carbocycles. The Morgan fingerprint density at radius 3 is 2.80 bits per heavy atom. The smallest absolute Gasteiger partial charge is 0.124 e. The second-order valence-corrected chi connectivity index (χ2v) is 6.84. The van der Waals surface area contributed by atoms with Crippen LogP contribution in [-0.4, -0.2) is 44.6 Å². The molecule has 1 aromatic rings. The lowest BCUT2D eigenvalue weighted by molar-refractivity contribution is 0.0400. The van der Waals surface area contributed by atoms with E-state index in [1.807, 2.05) is 10.9 Å². The molecule has 1 saturated carbocycles. The standard InChI is InChI=1S/C15H26N4O/c1-12(2)19-10-14(16-17-19)15(20)7-8-18(11-15)9-13-5-3-4-6-13/h10,12-13,20H,3-9,11H2,1-2H3. The monoisotopic (exact) mass is 278 g/mol. The van der Waals surface area contributed by atoms with Crippen LogP contribution in [0.3, 0.4) is 0 Å². The molecule has 1 aliphatic heterocycles. The lowest BCUT2D eigenvalue weighted by atomic mass is 10.00. The van der Waals surface area contributed by atoms with Gasteiger partial charge in [-0.3, -0.25) is 4.90 Å². The van der Waals surface area contributed by atoms with Gasteiger partial charge in [0.05, 0.1) is 6.20 Å². The van der Waals surface area contributed by atoms with Crippen molar-refractivity contribution in [1.82, 2.24) is 19.9 Å². The van der Waals surface area contributed by atoms with E-state index >= 15 is 0 Å². The summed E-state index contributed by atoms with van der Waals surface area (Å²) >= 11 is 0. The van der Waals surface area contributed by atoms with E-state index < -0.39 is 5.60 Å². The Kier molecular flexibility index (Phi) is 3.82. The van der Waals surface area contributed by atoms with E-state index in [0.29, 0.717) is 6.54 Å².